The minimum Gasteiger partial charge on any atom is -0.471 e. The molecule has 5 rings (SSSR count). The van der Waals surface area contributed by atoms with E-state index in [9.17, 15) is 29.1 Å². The molecule has 1 aromatic rings. The number of fused-ring (bicyclic) bond motifs is 2. The lowest BCUT2D eigenvalue weighted by Gasteiger charge is -2.46. The van der Waals surface area contributed by atoms with Gasteiger partial charge in [-0.1, -0.05) is 36.4 Å². The highest BCUT2D eigenvalue weighted by molar-refractivity contribution is 5.94. The van der Waals surface area contributed by atoms with Gasteiger partial charge in [-0.05, 0) is 24.6 Å². The summed E-state index contributed by atoms with van der Waals surface area (Å²) in [6.07, 6.45) is -3.69. The Morgan fingerprint density at radius 2 is 1.67 bits per heavy atom. The summed E-state index contributed by atoms with van der Waals surface area (Å²) < 4.78 is 51.2. The maximum Gasteiger partial charge on any atom is 0.338 e. The van der Waals surface area contributed by atoms with Gasteiger partial charge in [0.1, 0.15) is 18.3 Å². The van der Waals surface area contributed by atoms with E-state index in [2.05, 4.69) is 0 Å². The van der Waals surface area contributed by atoms with Crippen LogP contribution in [0.2, 0.25) is 0 Å². The van der Waals surface area contributed by atoms with Crippen molar-refractivity contribution in [3.8, 4) is 0 Å². The molecule has 1 fully saturated rings. The predicted octanol–water partition coefficient (Wildman–Crippen LogP) is 1.56. The second kappa shape index (κ2) is 14.9. The van der Waals surface area contributed by atoms with E-state index >= 15 is 0 Å². The van der Waals surface area contributed by atoms with Gasteiger partial charge in [0.25, 0.3) is 0 Å². The Bertz CT molecular complexity index is 1530. The minimum atomic E-state index is -1.55. The third-order valence-corrected chi connectivity index (χ3v) is 8.43. The monoisotopic (exact) mass is 686 g/mol. The van der Waals surface area contributed by atoms with Crippen molar-refractivity contribution in [2.24, 2.45) is 11.8 Å². The second-order valence-corrected chi connectivity index (χ2v) is 11.9. The van der Waals surface area contributed by atoms with Crippen LogP contribution in [0.15, 0.2) is 66.0 Å². The van der Waals surface area contributed by atoms with Crippen molar-refractivity contribution >= 4 is 29.8 Å². The van der Waals surface area contributed by atoms with E-state index in [4.69, 9.17) is 42.6 Å². The number of hydrogen-bond acceptors (Lipinski definition) is 15. The van der Waals surface area contributed by atoms with E-state index in [-0.39, 0.29) is 24.4 Å². The molecule has 1 N–H and O–H groups in total. The molecule has 10 atom stereocenters. The van der Waals surface area contributed by atoms with Gasteiger partial charge in [-0.25, -0.2) is 9.59 Å². The van der Waals surface area contributed by atoms with Crippen LogP contribution in [0.4, 0.5) is 0 Å². The van der Waals surface area contributed by atoms with Crippen LogP contribution < -0.4 is 0 Å². The molecule has 1 aromatic carbocycles. The number of carbonyl (C=O) groups excluding carboxylic acids is 5. The number of esters is 5. The van der Waals surface area contributed by atoms with Crippen molar-refractivity contribution in [3.63, 3.8) is 0 Å². The van der Waals surface area contributed by atoms with Gasteiger partial charge in [0.2, 0.25) is 12.6 Å². The molecule has 3 aliphatic heterocycles. The topological polar surface area (TPSA) is 189 Å². The summed E-state index contributed by atoms with van der Waals surface area (Å²) in [5.74, 6) is -5.44. The molecule has 49 heavy (non-hydrogen) atoms. The van der Waals surface area contributed by atoms with Gasteiger partial charge in [0.15, 0.2) is 17.8 Å². The van der Waals surface area contributed by atoms with Crippen LogP contribution in [0.25, 0.3) is 0 Å². The Morgan fingerprint density at radius 3 is 2.33 bits per heavy atom. The fraction of sp³-hybridized carbons (Fsp3) is 0.500. The maximum absolute atomic E-state index is 13.1. The van der Waals surface area contributed by atoms with Crippen molar-refractivity contribution in [1.29, 1.82) is 0 Å². The molecule has 264 valence electrons. The Morgan fingerprint density at radius 1 is 0.980 bits per heavy atom. The zero-order chi connectivity index (χ0) is 35.5. The molecule has 4 aliphatic rings. The average Bonchev–Trinajstić information content (AvgIpc) is 3.59. The molecular formula is C34H38O15. The molecule has 1 spiro atoms. The number of hydrogen-bond donors (Lipinski definition) is 1. The molecule has 0 unspecified atom stereocenters. The Labute approximate surface area is 281 Å². The fourth-order valence-electron chi connectivity index (χ4n) is 6.34. The summed E-state index contributed by atoms with van der Waals surface area (Å²) in [5, 5.41) is 11.3. The van der Waals surface area contributed by atoms with Crippen LogP contribution in [0, 0.1) is 11.8 Å². The molecule has 0 radical (unpaired) electrons. The molecule has 15 heteroatoms. The van der Waals surface area contributed by atoms with E-state index in [0.717, 1.165) is 25.7 Å². The number of aliphatic hydroxyl groups is 1. The van der Waals surface area contributed by atoms with Crippen LogP contribution in [0.5, 0.6) is 0 Å². The van der Waals surface area contributed by atoms with E-state index in [1.54, 1.807) is 12.2 Å². The third kappa shape index (κ3) is 7.69. The van der Waals surface area contributed by atoms with E-state index in [1.807, 2.05) is 30.3 Å². The van der Waals surface area contributed by atoms with E-state index in [0.29, 0.717) is 0 Å². The highest BCUT2D eigenvalue weighted by atomic mass is 16.8. The van der Waals surface area contributed by atoms with Crippen LogP contribution in [0.1, 0.15) is 33.3 Å². The highest BCUT2D eigenvalue weighted by Gasteiger charge is 2.60. The van der Waals surface area contributed by atoms with Crippen molar-refractivity contribution in [1.82, 2.24) is 0 Å². The van der Waals surface area contributed by atoms with Gasteiger partial charge < -0.3 is 47.7 Å². The summed E-state index contributed by atoms with van der Waals surface area (Å²) in [4.78, 5) is 62.0. The molecule has 1 saturated heterocycles. The van der Waals surface area contributed by atoms with Gasteiger partial charge in [-0.3, -0.25) is 14.4 Å². The Hall–Kier alpha value is -4.57. The first kappa shape index (κ1) is 35.7. The van der Waals surface area contributed by atoms with Crippen molar-refractivity contribution < 1.29 is 71.7 Å². The van der Waals surface area contributed by atoms with Gasteiger partial charge in [-0.15, -0.1) is 0 Å². The van der Waals surface area contributed by atoms with Gasteiger partial charge >= 0.3 is 29.8 Å². The van der Waals surface area contributed by atoms with E-state index < -0.39 is 90.4 Å². The number of benzene rings is 1. The molecule has 15 nitrogen and oxygen atoms in total. The lowest BCUT2D eigenvalue weighted by molar-refractivity contribution is -0.347. The van der Waals surface area contributed by atoms with Crippen molar-refractivity contribution in [3.05, 3.63) is 71.5 Å². The van der Waals surface area contributed by atoms with Gasteiger partial charge in [0.05, 0.1) is 43.6 Å². The number of aliphatic hydroxyl groups excluding tert-OH is 1. The summed E-state index contributed by atoms with van der Waals surface area (Å²) in [6.45, 7) is 4.94. The summed E-state index contributed by atoms with van der Waals surface area (Å²) in [6, 6.07) is 9.24. The molecule has 0 bridgehead atoms. The lowest BCUT2D eigenvalue weighted by Crippen LogP contribution is -2.63. The molecule has 1 aliphatic carbocycles. The van der Waals surface area contributed by atoms with Crippen LogP contribution >= 0.6 is 0 Å². The zero-order valence-electron chi connectivity index (χ0n) is 27.5. The normalized spacial score (nSPS) is 32.2. The zero-order valence-corrected chi connectivity index (χ0v) is 27.5. The van der Waals surface area contributed by atoms with Crippen LogP contribution in [-0.4, -0.2) is 97.4 Å². The second-order valence-electron chi connectivity index (χ2n) is 11.9. The predicted molar refractivity (Wildman–Crippen MR) is 162 cm³/mol. The summed E-state index contributed by atoms with van der Waals surface area (Å²) in [7, 11) is 1.20. The molecule has 0 saturated carbocycles. The minimum absolute atomic E-state index is 0.0498. The fourth-order valence-corrected chi connectivity index (χ4v) is 6.34. The number of methoxy groups -OCH3 is 1. The van der Waals surface area contributed by atoms with E-state index in [1.165, 1.54) is 27.0 Å². The molecule has 0 aromatic heterocycles. The molecule has 0 amide bonds. The number of allylic oxidation sites excluding steroid dienone is 1. The Balaban J connectivity index is 1.48. The first-order valence-corrected chi connectivity index (χ1v) is 15.5. The van der Waals surface area contributed by atoms with Crippen LogP contribution in [0.3, 0.4) is 0 Å². The van der Waals surface area contributed by atoms with Gasteiger partial charge in [-0.2, -0.15) is 0 Å². The van der Waals surface area contributed by atoms with Gasteiger partial charge in [0, 0.05) is 26.7 Å². The summed E-state index contributed by atoms with van der Waals surface area (Å²) in [5.41, 5.74) is -0.561. The van der Waals surface area contributed by atoms with Crippen molar-refractivity contribution in [2.75, 3.05) is 13.7 Å². The average molecular weight is 687 g/mol. The standard InChI is InChI=1S/C34H38O15/c1-17(44-18(2)35)23-13-34(49-31(23)40)12-11-22-24(30(39)41-5)15-43-32(26(22)34)48-33-29(46-20(4)37)28(45-19(3)36)27(38)25(47-33)16-42-14-21-9-7-6-8-10-21/h6-13,15,17,22,25-29,32-33,38H,14,16H2,1-5H3/t17-,22+,25+,26+,27+,28-,29+,32-,33-,34+/m0/s1. The quantitative estimate of drug-likeness (QED) is 0.200. The van der Waals surface area contributed by atoms with Crippen molar-refractivity contribution in [2.45, 2.75) is 83.0 Å². The maximum atomic E-state index is 13.1. The smallest absolute Gasteiger partial charge is 0.338 e. The highest BCUT2D eigenvalue weighted by Crippen LogP contribution is 2.51. The lowest BCUT2D eigenvalue weighted by atomic mass is 9.78. The third-order valence-electron chi connectivity index (χ3n) is 8.43. The number of rotatable bonds is 11. The first-order valence-electron chi connectivity index (χ1n) is 15.5. The Kier molecular flexibility index (Phi) is 10.9. The SMILES string of the molecule is COC(=O)C1=CO[C@@H](O[C@@H]2O[C@H](COCc3ccccc3)[C@@H](O)[C@H](OC(C)=O)[C@H]2OC(C)=O)[C@H]2[C@@H]1C=C[C@@]21C=C([C@H](C)OC(C)=O)C(=O)O1. The number of ether oxygens (including phenoxy) is 9. The molecule has 3 heterocycles. The summed E-state index contributed by atoms with van der Waals surface area (Å²) >= 11 is 0. The van der Waals surface area contributed by atoms with Crippen LogP contribution in [-0.2, 0) is 73.2 Å². The molecular weight excluding hydrogens is 648 g/mol. The largest absolute Gasteiger partial charge is 0.471 e. The first-order chi connectivity index (χ1) is 23.3. The number of carbonyl (C=O) groups is 5.